The van der Waals surface area contributed by atoms with Crippen molar-refractivity contribution in [2.24, 2.45) is 0 Å². The number of ether oxygens (including phenoxy) is 4. The molecule has 31 heavy (non-hydrogen) atoms. The quantitative estimate of drug-likeness (QED) is 0.590. The zero-order valence-electron chi connectivity index (χ0n) is 18.5. The predicted molar refractivity (Wildman–Crippen MR) is 118 cm³/mol. The van der Waals surface area contributed by atoms with Crippen molar-refractivity contribution in [1.82, 2.24) is 5.32 Å². The molecule has 0 heterocycles. The molecule has 0 aliphatic rings. The van der Waals surface area contributed by atoms with E-state index in [9.17, 15) is 13.2 Å². The number of rotatable bonds is 10. The summed E-state index contributed by atoms with van der Waals surface area (Å²) in [5.41, 5.74) is 0.927. The first-order valence-corrected chi connectivity index (χ1v) is 11.2. The van der Waals surface area contributed by atoms with Gasteiger partial charge in [-0.15, -0.1) is 0 Å². The summed E-state index contributed by atoms with van der Waals surface area (Å²) in [6.07, 6.45) is 1.03. The predicted octanol–water partition coefficient (Wildman–Crippen LogP) is 2.36. The van der Waals surface area contributed by atoms with E-state index >= 15 is 0 Å². The Balaban J connectivity index is 2.29. The number of nitrogens with one attached hydrogen (secondary N) is 1. The molecule has 1 amide bonds. The van der Waals surface area contributed by atoms with E-state index in [0.717, 1.165) is 10.6 Å². The smallest absolute Gasteiger partial charge is 0.241 e. The Hall–Kier alpha value is -3.14. The highest BCUT2D eigenvalue weighted by Gasteiger charge is 2.25. The molecule has 0 aliphatic carbocycles. The first kappa shape index (κ1) is 24.1. The van der Waals surface area contributed by atoms with E-state index in [-0.39, 0.29) is 11.4 Å². The SMILES string of the molecule is COc1ccc(N(CC(=O)N[C@H](C)c2cc(OC)ccc2OC)S(C)(=O)=O)c(OC)c1. The molecule has 0 unspecified atom stereocenters. The van der Waals surface area contributed by atoms with Crippen molar-refractivity contribution in [2.75, 3.05) is 45.5 Å². The summed E-state index contributed by atoms with van der Waals surface area (Å²) in [6, 6.07) is 9.45. The summed E-state index contributed by atoms with van der Waals surface area (Å²) in [7, 11) is 2.19. The molecular formula is C21H28N2O7S. The van der Waals surface area contributed by atoms with Gasteiger partial charge in [0, 0.05) is 11.6 Å². The molecule has 0 spiro atoms. The molecular weight excluding hydrogens is 424 g/mol. The number of amides is 1. The second kappa shape index (κ2) is 10.3. The van der Waals surface area contributed by atoms with Crippen LogP contribution in [0.5, 0.6) is 23.0 Å². The Bertz CT molecular complexity index is 1020. The second-order valence-corrected chi connectivity index (χ2v) is 8.61. The van der Waals surface area contributed by atoms with Crippen LogP contribution in [0.3, 0.4) is 0 Å². The number of hydrogen-bond acceptors (Lipinski definition) is 7. The molecule has 0 aliphatic heterocycles. The average molecular weight is 453 g/mol. The standard InChI is InChI=1S/C21H28N2O7S/c1-14(17-11-15(27-2)8-10-19(17)29-4)22-21(24)13-23(31(6,25)26)18-9-7-16(28-3)12-20(18)30-5/h7-12,14H,13H2,1-6H3,(H,22,24)/t14-/m1/s1. The fourth-order valence-electron chi connectivity index (χ4n) is 3.05. The first-order valence-electron chi connectivity index (χ1n) is 9.35. The van der Waals surface area contributed by atoms with Gasteiger partial charge in [0.05, 0.1) is 46.4 Å². The number of methoxy groups -OCH3 is 4. The molecule has 2 rings (SSSR count). The highest BCUT2D eigenvalue weighted by Crippen LogP contribution is 2.34. The van der Waals surface area contributed by atoms with E-state index in [2.05, 4.69) is 5.32 Å². The van der Waals surface area contributed by atoms with Crippen molar-refractivity contribution < 1.29 is 32.2 Å². The van der Waals surface area contributed by atoms with Gasteiger partial charge in [-0.2, -0.15) is 0 Å². The lowest BCUT2D eigenvalue weighted by molar-refractivity contribution is -0.120. The topological polar surface area (TPSA) is 103 Å². The number of carbonyl (C=O) groups is 1. The molecule has 0 saturated carbocycles. The van der Waals surface area contributed by atoms with Crippen LogP contribution in [0.25, 0.3) is 0 Å². The fraction of sp³-hybridized carbons (Fsp3) is 0.381. The lowest BCUT2D eigenvalue weighted by Crippen LogP contribution is -2.41. The molecule has 1 N–H and O–H groups in total. The van der Waals surface area contributed by atoms with Crippen LogP contribution in [-0.2, 0) is 14.8 Å². The van der Waals surface area contributed by atoms with Crippen molar-refractivity contribution in [3.63, 3.8) is 0 Å². The molecule has 170 valence electrons. The number of sulfonamides is 1. The van der Waals surface area contributed by atoms with Crippen LogP contribution >= 0.6 is 0 Å². The molecule has 0 fully saturated rings. The number of carbonyl (C=O) groups excluding carboxylic acids is 1. The summed E-state index contributed by atoms with van der Waals surface area (Å²) < 4.78 is 46.9. The summed E-state index contributed by atoms with van der Waals surface area (Å²) >= 11 is 0. The Morgan fingerprint density at radius 1 is 0.935 bits per heavy atom. The van der Waals surface area contributed by atoms with Gasteiger partial charge in [-0.25, -0.2) is 8.42 Å². The minimum atomic E-state index is -3.78. The number of benzene rings is 2. The maximum Gasteiger partial charge on any atom is 0.241 e. The van der Waals surface area contributed by atoms with Gasteiger partial charge in [0.1, 0.15) is 29.5 Å². The van der Waals surface area contributed by atoms with Gasteiger partial charge >= 0.3 is 0 Å². The molecule has 0 saturated heterocycles. The van der Waals surface area contributed by atoms with Crippen molar-refractivity contribution >= 4 is 21.6 Å². The number of hydrogen-bond donors (Lipinski definition) is 1. The Labute approximate surface area is 182 Å². The van der Waals surface area contributed by atoms with E-state index in [1.165, 1.54) is 27.4 Å². The molecule has 0 bridgehead atoms. The minimum Gasteiger partial charge on any atom is -0.497 e. The molecule has 2 aromatic carbocycles. The molecule has 10 heteroatoms. The molecule has 0 aromatic heterocycles. The lowest BCUT2D eigenvalue weighted by atomic mass is 10.1. The van der Waals surface area contributed by atoms with Crippen molar-refractivity contribution in [1.29, 1.82) is 0 Å². The van der Waals surface area contributed by atoms with Gasteiger partial charge in [-0.1, -0.05) is 0 Å². The van der Waals surface area contributed by atoms with Crippen molar-refractivity contribution in [2.45, 2.75) is 13.0 Å². The highest BCUT2D eigenvalue weighted by molar-refractivity contribution is 7.92. The zero-order valence-corrected chi connectivity index (χ0v) is 19.3. The highest BCUT2D eigenvalue weighted by atomic mass is 32.2. The van der Waals surface area contributed by atoms with E-state index < -0.39 is 28.5 Å². The Kier molecular flexibility index (Phi) is 7.98. The molecule has 2 aromatic rings. The van der Waals surface area contributed by atoms with Crippen LogP contribution in [0.1, 0.15) is 18.5 Å². The van der Waals surface area contributed by atoms with Crippen LogP contribution in [0.15, 0.2) is 36.4 Å². The summed E-state index contributed by atoms with van der Waals surface area (Å²) in [5, 5.41) is 2.81. The fourth-order valence-corrected chi connectivity index (χ4v) is 3.91. The van der Waals surface area contributed by atoms with Gasteiger partial charge in [-0.05, 0) is 37.3 Å². The van der Waals surface area contributed by atoms with Crippen molar-refractivity contribution in [3.8, 4) is 23.0 Å². The maximum absolute atomic E-state index is 12.8. The third kappa shape index (κ3) is 5.94. The monoisotopic (exact) mass is 452 g/mol. The van der Waals surface area contributed by atoms with Gasteiger partial charge in [0.2, 0.25) is 15.9 Å². The van der Waals surface area contributed by atoms with Gasteiger partial charge < -0.3 is 24.3 Å². The molecule has 9 nitrogen and oxygen atoms in total. The largest absolute Gasteiger partial charge is 0.497 e. The normalized spacial score (nSPS) is 11.9. The minimum absolute atomic E-state index is 0.229. The first-order chi connectivity index (χ1) is 14.6. The lowest BCUT2D eigenvalue weighted by Gasteiger charge is -2.25. The van der Waals surface area contributed by atoms with Crippen LogP contribution in [-0.4, -0.2) is 55.6 Å². The average Bonchev–Trinajstić information content (AvgIpc) is 2.75. The van der Waals surface area contributed by atoms with Gasteiger partial charge in [0.15, 0.2) is 0 Å². The Morgan fingerprint density at radius 2 is 1.52 bits per heavy atom. The second-order valence-electron chi connectivity index (χ2n) is 6.70. The summed E-state index contributed by atoms with van der Waals surface area (Å²) in [5.74, 6) is 1.45. The molecule has 1 atom stereocenters. The van der Waals surface area contributed by atoms with Gasteiger partial charge in [-0.3, -0.25) is 9.10 Å². The summed E-state index contributed by atoms with van der Waals surface area (Å²) in [6.45, 7) is 1.34. The van der Waals surface area contributed by atoms with E-state index in [0.29, 0.717) is 22.8 Å². The number of anilines is 1. The van der Waals surface area contributed by atoms with Gasteiger partial charge in [0.25, 0.3) is 0 Å². The van der Waals surface area contributed by atoms with Crippen molar-refractivity contribution in [3.05, 3.63) is 42.0 Å². The van der Waals surface area contributed by atoms with E-state index in [4.69, 9.17) is 18.9 Å². The third-order valence-electron chi connectivity index (χ3n) is 4.62. The number of nitrogens with zero attached hydrogens (tertiary/aromatic N) is 1. The van der Waals surface area contributed by atoms with Crippen LogP contribution in [0.2, 0.25) is 0 Å². The van der Waals surface area contributed by atoms with Crippen LogP contribution in [0, 0.1) is 0 Å². The van der Waals surface area contributed by atoms with Crippen LogP contribution < -0.4 is 28.6 Å². The van der Waals surface area contributed by atoms with E-state index in [1.54, 1.807) is 44.4 Å². The third-order valence-corrected chi connectivity index (χ3v) is 5.75. The molecule has 0 radical (unpaired) electrons. The summed E-state index contributed by atoms with van der Waals surface area (Å²) in [4.78, 5) is 12.8. The Morgan fingerprint density at radius 3 is 2.06 bits per heavy atom. The zero-order chi connectivity index (χ0) is 23.2. The van der Waals surface area contributed by atoms with Crippen LogP contribution in [0.4, 0.5) is 5.69 Å². The van der Waals surface area contributed by atoms with E-state index in [1.807, 2.05) is 0 Å². The maximum atomic E-state index is 12.8.